The first-order chi connectivity index (χ1) is 5.40. The van der Waals surface area contributed by atoms with Crippen LogP contribution in [-0.2, 0) is 0 Å². The van der Waals surface area contributed by atoms with E-state index >= 15 is 0 Å². The summed E-state index contributed by atoms with van der Waals surface area (Å²) in [6.45, 7) is 0. The number of alkyl halides is 1. The largest absolute Gasteiger partial charge is 0.255 e. The van der Waals surface area contributed by atoms with Crippen molar-refractivity contribution in [2.45, 2.75) is 6.17 Å². The van der Waals surface area contributed by atoms with Crippen LogP contribution in [0.2, 0.25) is 0 Å². The Kier molecular flexibility index (Phi) is 1.62. The van der Waals surface area contributed by atoms with Gasteiger partial charge in [-0.15, -0.1) is 11.6 Å². The van der Waals surface area contributed by atoms with Crippen molar-refractivity contribution in [2.75, 3.05) is 5.88 Å². The van der Waals surface area contributed by atoms with E-state index in [0.29, 0.717) is 5.88 Å². The number of halogens is 1. The smallest absolute Gasteiger partial charge is 0.154 e. The summed E-state index contributed by atoms with van der Waals surface area (Å²) < 4.78 is 0. The molecule has 0 bridgehead atoms. The summed E-state index contributed by atoms with van der Waals surface area (Å²) in [5, 5.41) is 1.91. The number of rotatable bonds is 1. The standard InChI is InChI=1S/C8H7ClN2/c9-5-8-10-6-3-1-2-4-7(6)11-8/h1-4,8H,5H2. The maximum atomic E-state index is 5.61. The van der Waals surface area contributed by atoms with Gasteiger partial charge in [-0.2, -0.15) is 0 Å². The second-order valence-electron chi connectivity index (χ2n) is 2.38. The molecule has 0 aliphatic carbocycles. The molecular formula is C8H7ClN2. The van der Waals surface area contributed by atoms with E-state index in [9.17, 15) is 0 Å². The molecule has 0 atom stereocenters. The van der Waals surface area contributed by atoms with Crippen LogP contribution < -0.4 is 10.7 Å². The molecule has 1 aliphatic rings. The highest BCUT2D eigenvalue weighted by molar-refractivity contribution is 6.18. The van der Waals surface area contributed by atoms with E-state index in [1.807, 2.05) is 24.3 Å². The van der Waals surface area contributed by atoms with Crippen LogP contribution in [0, 0.1) is 0 Å². The van der Waals surface area contributed by atoms with Gasteiger partial charge < -0.3 is 0 Å². The third-order valence-electron chi connectivity index (χ3n) is 1.60. The Hall–Kier alpha value is -0.890. The van der Waals surface area contributed by atoms with Gasteiger partial charge in [0.25, 0.3) is 0 Å². The van der Waals surface area contributed by atoms with Crippen molar-refractivity contribution in [1.29, 1.82) is 0 Å². The molecule has 2 rings (SSSR count). The van der Waals surface area contributed by atoms with Gasteiger partial charge >= 0.3 is 0 Å². The number of nitrogens with zero attached hydrogens (tertiary/aromatic N) is 2. The van der Waals surface area contributed by atoms with Gasteiger partial charge in [0.15, 0.2) is 6.17 Å². The zero-order chi connectivity index (χ0) is 7.68. The Balaban J connectivity index is 2.61. The molecule has 11 heavy (non-hydrogen) atoms. The lowest BCUT2D eigenvalue weighted by atomic mass is 10.3. The molecule has 0 spiro atoms. The Labute approximate surface area is 69.2 Å². The van der Waals surface area contributed by atoms with Gasteiger partial charge in [0.1, 0.15) is 0 Å². The topological polar surface area (TPSA) is 24.7 Å². The molecule has 1 heterocycles. The lowest BCUT2D eigenvalue weighted by molar-refractivity contribution is 0.795. The minimum atomic E-state index is -0.0610. The van der Waals surface area contributed by atoms with E-state index in [4.69, 9.17) is 11.6 Å². The van der Waals surface area contributed by atoms with Crippen molar-refractivity contribution < 1.29 is 0 Å². The highest BCUT2D eigenvalue weighted by Crippen LogP contribution is 1.96. The summed E-state index contributed by atoms with van der Waals surface area (Å²) in [6.07, 6.45) is -0.0610. The second kappa shape index (κ2) is 2.62. The summed E-state index contributed by atoms with van der Waals surface area (Å²) in [6, 6.07) is 7.81. The average molecular weight is 167 g/mol. The second-order valence-corrected chi connectivity index (χ2v) is 2.69. The van der Waals surface area contributed by atoms with Crippen LogP contribution in [0.4, 0.5) is 0 Å². The van der Waals surface area contributed by atoms with E-state index in [2.05, 4.69) is 9.98 Å². The fourth-order valence-electron chi connectivity index (χ4n) is 1.10. The van der Waals surface area contributed by atoms with Crippen molar-refractivity contribution in [3.05, 3.63) is 35.0 Å². The van der Waals surface area contributed by atoms with Gasteiger partial charge in [0.2, 0.25) is 0 Å². The minimum Gasteiger partial charge on any atom is -0.255 e. The van der Waals surface area contributed by atoms with Gasteiger partial charge in [-0.25, -0.2) is 0 Å². The first kappa shape index (κ1) is 6.80. The van der Waals surface area contributed by atoms with Gasteiger partial charge in [-0.1, -0.05) is 12.1 Å². The Morgan fingerprint density at radius 2 is 1.73 bits per heavy atom. The number of hydrogen-bond acceptors (Lipinski definition) is 2. The van der Waals surface area contributed by atoms with Crippen LogP contribution in [0.5, 0.6) is 0 Å². The molecule has 0 radical (unpaired) electrons. The van der Waals surface area contributed by atoms with Crippen LogP contribution in [0.3, 0.4) is 0 Å². The minimum absolute atomic E-state index is 0.0610. The fraction of sp³-hybridized carbons (Fsp3) is 0.250. The quantitative estimate of drug-likeness (QED) is 0.543. The van der Waals surface area contributed by atoms with Gasteiger partial charge in [0.05, 0.1) is 16.6 Å². The molecule has 0 saturated carbocycles. The van der Waals surface area contributed by atoms with Gasteiger partial charge in [-0.05, 0) is 12.1 Å². The maximum Gasteiger partial charge on any atom is 0.154 e. The molecule has 0 unspecified atom stereocenters. The summed E-state index contributed by atoms with van der Waals surface area (Å²) in [5.41, 5.74) is 0. The monoisotopic (exact) mass is 166 g/mol. The third kappa shape index (κ3) is 1.14. The highest BCUT2D eigenvalue weighted by atomic mass is 35.5. The van der Waals surface area contributed by atoms with Crippen LogP contribution in [0.15, 0.2) is 34.3 Å². The first-order valence-electron chi connectivity index (χ1n) is 3.47. The van der Waals surface area contributed by atoms with Crippen molar-refractivity contribution in [3.63, 3.8) is 0 Å². The number of para-hydroxylation sites is 2. The molecule has 0 fully saturated rings. The zero-order valence-corrected chi connectivity index (χ0v) is 6.62. The molecule has 0 saturated heterocycles. The molecule has 3 heteroatoms. The molecular weight excluding hydrogens is 160 g/mol. The van der Waals surface area contributed by atoms with E-state index in [-0.39, 0.29) is 6.17 Å². The molecule has 0 N–H and O–H groups in total. The first-order valence-corrected chi connectivity index (χ1v) is 4.00. The zero-order valence-electron chi connectivity index (χ0n) is 5.87. The Morgan fingerprint density at radius 1 is 1.18 bits per heavy atom. The Morgan fingerprint density at radius 3 is 2.18 bits per heavy atom. The van der Waals surface area contributed by atoms with Crippen LogP contribution in [0.1, 0.15) is 0 Å². The van der Waals surface area contributed by atoms with E-state index < -0.39 is 0 Å². The molecule has 0 amide bonds. The summed E-state index contributed by atoms with van der Waals surface area (Å²) >= 11 is 5.61. The molecule has 1 aromatic carbocycles. The van der Waals surface area contributed by atoms with Gasteiger partial charge in [0, 0.05) is 0 Å². The predicted molar refractivity (Wildman–Crippen MR) is 43.3 cm³/mol. The van der Waals surface area contributed by atoms with Crippen LogP contribution >= 0.6 is 11.6 Å². The number of benzene rings is 1. The van der Waals surface area contributed by atoms with Crippen molar-refractivity contribution in [2.24, 2.45) is 9.98 Å². The predicted octanol–water partition coefficient (Wildman–Crippen LogP) is 0.504. The maximum absolute atomic E-state index is 5.61. The fourth-order valence-corrected chi connectivity index (χ4v) is 1.24. The van der Waals surface area contributed by atoms with E-state index in [1.54, 1.807) is 0 Å². The van der Waals surface area contributed by atoms with Crippen LogP contribution in [0.25, 0.3) is 0 Å². The number of fused-ring (bicyclic) bond motifs is 1. The average Bonchev–Trinajstić information content (AvgIpc) is 2.46. The lowest BCUT2D eigenvalue weighted by Crippen LogP contribution is -2.19. The van der Waals surface area contributed by atoms with E-state index in [1.165, 1.54) is 0 Å². The normalized spacial score (nSPS) is 15.4. The third-order valence-corrected chi connectivity index (χ3v) is 1.87. The molecule has 2 nitrogen and oxygen atoms in total. The molecule has 56 valence electrons. The molecule has 1 aliphatic heterocycles. The summed E-state index contributed by atoms with van der Waals surface area (Å²) in [4.78, 5) is 8.54. The molecule has 1 aromatic rings. The Bertz CT molecular complexity index is 337. The summed E-state index contributed by atoms with van der Waals surface area (Å²) in [5.74, 6) is 0.467. The molecule has 0 aromatic heterocycles. The summed E-state index contributed by atoms with van der Waals surface area (Å²) in [7, 11) is 0. The van der Waals surface area contributed by atoms with Crippen molar-refractivity contribution >= 4 is 11.6 Å². The van der Waals surface area contributed by atoms with Gasteiger partial charge in [-0.3, -0.25) is 9.98 Å². The van der Waals surface area contributed by atoms with Crippen molar-refractivity contribution in [1.82, 2.24) is 0 Å². The van der Waals surface area contributed by atoms with E-state index in [0.717, 1.165) is 10.7 Å². The lowest BCUT2D eigenvalue weighted by Gasteiger charge is -1.92. The van der Waals surface area contributed by atoms with Crippen LogP contribution in [-0.4, -0.2) is 12.0 Å². The number of hydrogen-bond donors (Lipinski definition) is 0. The SMILES string of the molecule is ClCC1N=c2ccccc2=N1. The highest BCUT2D eigenvalue weighted by Gasteiger charge is 2.06. The van der Waals surface area contributed by atoms with Crippen molar-refractivity contribution in [3.8, 4) is 0 Å².